The molecule has 18 heavy (non-hydrogen) atoms. The molecule has 2 heterocycles. The molecule has 1 aromatic carbocycles. The Kier molecular flexibility index (Phi) is 3.19. The lowest BCUT2D eigenvalue weighted by atomic mass is 9.99. The largest absolute Gasteiger partial charge is 0.454 e. The summed E-state index contributed by atoms with van der Waals surface area (Å²) in [6.07, 6.45) is 3.22. The standard InChI is InChI=1S/C14H17NO3/c16-9-12-2-1-5-15(8-12)7-11-3-4-13-14(6-11)18-10-17-13/h3-4,6,9,12H,1-2,5,7-8,10H2. The molecule has 0 amide bonds. The Hall–Kier alpha value is -1.55. The van der Waals surface area contributed by atoms with E-state index in [9.17, 15) is 4.79 Å². The van der Waals surface area contributed by atoms with Gasteiger partial charge in [-0.3, -0.25) is 4.90 Å². The molecular formula is C14H17NO3. The molecule has 1 unspecified atom stereocenters. The zero-order chi connectivity index (χ0) is 12.4. The van der Waals surface area contributed by atoms with Crippen molar-refractivity contribution >= 4 is 6.29 Å². The van der Waals surface area contributed by atoms with Crippen LogP contribution < -0.4 is 9.47 Å². The lowest BCUT2D eigenvalue weighted by molar-refractivity contribution is -0.112. The van der Waals surface area contributed by atoms with E-state index in [-0.39, 0.29) is 5.92 Å². The molecule has 1 aromatic rings. The molecular weight excluding hydrogens is 230 g/mol. The topological polar surface area (TPSA) is 38.8 Å². The van der Waals surface area contributed by atoms with Crippen LogP contribution in [-0.2, 0) is 11.3 Å². The smallest absolute Gasteiger partial charge is 0.231 e. The summed E-state index contributed by atoms with van der Waals surface area (Å²) in [5.41, 5.74) is 1.21. The fraction of sp³-hybridized carbons (Fsp3) is 0.500. The van der Waals surface area contributed by atoms with Crippen molar-refractivity contribution in [2.24, 2.45) is 5.92 Å². The zero-order valence-corrected chi connectivity index (χ0v) is 10.3. The number of nitrogens with zero attached hydrogens (tertiary/aromatic N) is 1. The number of likely N-dealkylation sites (tertiary alicyclic amines) is 1. The van der Waals surface area contributed by atoms with Gasteiger partial charge in [0, 0.05) is 19.0 Å². The van der Waals surface area contributed by atoms with E-state index in [1.165, 1.54) is 5.56 Å². The van der Waals surface area contributed by atoms with Gasteiger partial charge in [0.15, 0.2) is 11.5 Å². The minimum absolute atomic E-state index is 0.202. The first-order chi connectivity index (χ1) is 8.85. The van der Waals surface area contributed by atoms with Crippen molar-refractivity contribution in [3.63, 3.8) is 0 Å². The van der Waals surface area contributed by atoms with Gasteiger partial charge in [-0.25, -0.2) is 0 Å². The Bertz CT molecular complexity index is 447. The maximum Gasteiger partial charge on any atom is 0.231 e. The molecule has 0 bridgehead atoms. The summed E-state index contributed by atoms with van der Waals surface area (Å²) in [6.45, 7) is 3.13. The van der Waals surface area contributed by atoms with Gasteiger partial charge in [0.05, 0.1) is 0 Å². The fourth-order valence-electron chi connectivity index (χ4n) is 2.64. The molecule has 2 aliphatic rings. The number of piperidine rings is 1. The Morgan fingerprint density at radius 2 is 2.22 bits per heavy atom. The number of hydrogen-bond acceptors (Lipinski definition) is 4. The van der Waals surface area contributed by atoms with Crippen molar-refractivity contribution in [3.8, 4) is 11.5 Å². The molecule has 1 fully saturated rings. The number of aldehydes is 1. The van der Waals surface area contributed by atoms with Crippen LogP contribution in [0.3, 0.4) is 0 Å². The average Bonchev–Trinajstić information content (AvgIpc) is 2.86. The van der Waals surface area contributed by atoms with E-state index in [2.05, 4.69) is 11.0 Å². The second kappa shape index (κ2) is 4.98. The molecule has 1 saturated heterocycles. The van der Waals surface area contributed by atoms with Crippen LogP contribution >= 0.6 is 0 Å². The number of carbonyl (C=O) groups is 1. The number of carbonyl (C=O) groups excluding carboxylic acids is 1. The van der Waals surface area contributed by atoms with E-state index in [1.807, 2.05) is 12.1 Å². The van der Waals surface area contributed by atoms with E-state index >= 15 is 0 Å². The summed E-state index contributed by atoms with van der Waals surface area (Å²) in [5, 5.41) is 0. The summed E-state index contributed by atoms with van der Waals surface area (Å²) in [6, 6.07) is 6.06. The Morgan fingerprint density at radius 3 is 3.11 bits per heavy atom. The normalized spacial score (nSPS) is 23.0. The third kappa shape index (κ3) is 2.34. The predicted octanol–water partition coefficient (Wildman–Crippen LogP) is 1.83. The summed E-state index contributed by atoms with van der Waals surface area (Å²) in [4.78, 5) is 13.2. The van der Waals surface area contributed by atoms with Gasteiger partial charge in [0.1, 0.15) is 6.29 Å². The molecule has 0 aliphatic carbocycles. The third-order valence-electron chi connectivity index (χ3n) is 3.58. The first-order valence-electron chi connectivity index (χ1n) is 6.41. The summed E-state index contributed by atoms with van der Waals surface area (Å²) < 4.78 is 10.7. The maximum atomic E-state index is 10.8. The Labute approximate surface area is 106 Å². The highest BCUT2D eigenvalue weighted by Gasteiger charge is 2.20. The van der Waals surface area contributed by atoms with Gasteiger partial charge in [-0.05, 0) is 37.1 Å². The van der Waals surface area contributed by atoms with Crippen LogP contribution in [-0.4, -0.2) is 31.1 Å². The number of ether oxygens (including phenoxy) is 2. The highest BCUT2D eigenvalue weighted by molar-refractivity contribution is 5.54. The van der Waals surface area contributed by atoms with Gasteiger partial charge in [0.2, 0.25) is 6.79 Å². The van der Waals surface area contributed by atoms with E-state index in [4.69, 9.17) is 9.47 Å². The van der Waals surface area contributed by atoms with Gasteiger partial charge in [-0.15, -0.1) is 0 Å². The summed E-state index contributed by atoms with van der Waals surface area (Å²) in [7, 11) is 0. The predicted molar refractivity (Wildman–Crippen MR) is 66.6 cm³/mol. The Balaban J connectivity index is 1.67. The highest BCUT2D eigenvalue weighted by Crippen LogP contribution is 2.33. The molecule has 4 nitrogen and oxygen atoms in total. The molecule has 4 heteroatoms. The van der Waals surface area contributed by atoms with Crippen LogP contribution in [0, 0.1) is 5.92 Å². The first-order valence-corrected chi connectivity index (χ1v) is 6.41. The molecule has 0 aromatic heterocycles. The minimum Gasteiger partial charge on any atom is -0.454 e. The van der Waals surface area contributed by atoms with Crippen LogP contribution in [0.15, 0.2) is 18.2 Å². The fourth-order valence-corrected chi connectivity index (χ4v) is 2.64. The van der Waals surface area contributed by atoms with Gasteiger partial charge in [0.25, 0.3) is 0 Å². The van der Waals surface area contributed by atoms with Crippen molar-refractivity contribution in [3.05, 3.63) is 23.8 Å². The summed E-state index contributed by atoms with van der Waals surface area (Å²) in [5.74, 6) is 1.85. The van der Waals surface area contributed by atoms with Crippen molar-refractivity contribution in [1.82, 2.24) is 4.90 Å². The second-order valence-corrected chi connectivity index (χ2v) is 4.96. The molecule has 0 radical (unpaired) electrons. The van der Waals surface area contributed by atoms with E-state index in [0.717, 1.165) is 50.3 Å². The average molecular weight is 247 g/mol. The highest BCUT2D eigenvalue weighted by atomic mass is 16.7. The van der Waals surface area contributed by atoms with Crippen LogP contribution in [0.5, 0.6) is 11.5 Å². The van der Waals surface area contributed by atoms with Crippen LogP contribution in [0.2, 0.25) is 0 Å². The van der Waals surface area contributed by atoms with Crippen LogP contribution in [0.25, 0.3) is 0 Å². The maximum absolute atomic E-state index is 10.8. The number of rotatable bonds is 3. The second-order valence-electron chi connectivity index (χ2n) is 4.96. The Morgan fingerprint density at radius 1 is 1.33 bits per heavy atom. The molecule has 0 N–H and O–H groups in total. The van der Waals surface area contributed by atoms with Crippen molar-refractivity contribution in [2.75, 3.05) is 19.9 Å². The van der Waals surface area contributed by atoms with Gasteiger partial charge < -0.3 is 14.3 Å². The number of hydrogen-bond donors (Lipinski definition) is 0. The van der Waals surface area contributed by atoms with Crippen LogP contribution in [0.1, 0.15) is 18.4 Å². The molecule has 0 saturated carbocycles. The quantitative estimate of drug-likeness (QED) is 0.764. The van der Waals surface area contributed by atoms with Crippen molar-refractivity contribution in [2.45, 2.75) is 19.4 Å². The van der Waals surface area contributed by atoms with E-state index in [1.54, 1.807) is 0 Å². The zero-order valence-electron chi connectivity index (χ0n) is 10.3. The van der Waals surface area contributed by atoms with Crippen molar-refractivity contribution in [1.29, 1.82) is 0 Å². The van der Waals surface area contributed by atoms with E-state index < -0.39 is 0 Å². The van der Waals surface area contributed by atoms with Gasteiger partial charge in [-0.2, -0.15) is 0 Å². The molecule has 0 spiro atoms. The number of benzene rings is 1. The monoisotopic (exact) mass is 247 g/mol. The molecule has 96 valence electrons. The van der Waals surface area contributed by atoms with Crippen molar-refractivity contribution < 1.29 is 14.3 Å². The molecule has 3 rings (SSSR count). The first kappa shape index (κ1) is 11.5. The summed E-state index contributed by atoms with van der Waals surface area (Å²) >= 11 is 0. The van der Waals surface area contributed by atoms with Gasteiger partial charge in [-0.1, -0.05) is 6.07 Å². The SMILES string of the molecule is O=CC1CCCN(Cc2ccc3c(c2)OCO3)C1. The van der Waals surface area contributed by atoms with Gasteiger partial charge >= 0.3 is 0 Å². The lowest BCUT2D eigenvalue weighted by Gasteiger charge is -2.30. The lowest BCUT2D eigenvalue weighted by Crippen LogP contribution is -2.35. The third-order valence-corrected chi connectivity index (χ3v) is 3.58. The molecule has 2 aliphatic heterocycles. The van der Waals surface area contributed by atoms with Crippen LogP contribution in [0.4, 0.5) is 0 Å². The van der Waals surface area contributed by atoms with E-state index in [0.29, 0.717) is 6.79 Å². The number of fused-ring (bicyclic) bond motifs is 1. The molecule has 1 atom stereocenters. The minimum atomic E-state index is 0.202.